The quantitative estimate of drug-likeness (QED) is 0.744. The monoisotopic (exact) mass is 316 g/mol. The molecular formula is C13H21BrN2O2. The molecule has 0 saturated heterocycles. The lowest BCUT2D eigenvalue weighted by molar-refractivity contribution is 0.306. The van der Waals surface area contributed by atoms with Crippen molar-refractivity contribution >= 4 is 15.9 Å². The first kappa shape index (κ1) is 15.3. The second kappa shape index (κ2) is 8.34. The Morgan fingerprint density at radius 2 is 2.06 bits per heavy atom. The molecule has 0 amide bonds. The van der Waals surface area contributed by atoms with E-state index in [2.05, 4.69) is 40.2 Å². The van der Waals surface area contributed by atoms with Crippen LogP contribution in [-0.4, -0.2) is 52.3 Å². The van der Waals surface area contributed by atoms with E-state index in [9.17, 15) is 0 Å². The van der Waals surface area contributed by atoms with Crippen LogP contribution >= 0.6 is 15.9 Å². The van der Waals surface area contributed by atoms with Crippen LogP contribution in [0.2, 0.25) is 0 Å². The van der Waals surface area contributed by atoms with Crippen LogP contribution in [0.1, 0.15) is 0 Å². The molecule has 0 saturated carbocycles. The van der Waals surface area contributed by atoms with Crippen molar-refractivity contribution in [2.24, 2.45) is 0 Å². The standard InChI is InChI=1S/C13H21BrN2O2/c1-16(2)8-6-15-7-9-18-13-5-4-11(17-3)10-12(13)14/h4-5,10,15H,6-9H2,1-3H3. The van der Waals surface area contributed by atoms with E-state index in [1.807, 2.05) is 18.2 Å². The smallest absolute Gasteiger partial charge is 0.133 e. The lowest BCUT2D eigenvalue weighted by Gasteiger charge is -2.12. The van der Waals surface area contributed by atoms with Crippen LogP contribution in [0.5, 0.6) is 11.5 Å². The number of benzene rings is 1. The Hall–Kier alpha value is -0.780. The van der Waals surface area contributed by atoms with E-state index in [0.717, 1.165) is 35.6 Å². The number of hydrogen-bond acceptors (Lipinski definition) is 4. The average Bonchev–Trinajstić information content (AvgIpc) is 2.34. The molecule has 0 radical (unpaired) electrons. The summed E-state index contributed by atoms with van der Waals surface area (Å²) >= 11 is 3.46. The van der Waals surface area contributed by atoms with E-state index in [-0.39, 0.29) is 0 Å². The second-order valence-electron chi connectivity index (χ2n) is 4.20. The van der Waals surface area contributed by atoms with Crippen LogP contribution in [0.4, 0.5) is 0 Å². The summed E-state index contributed by atoms with van der Waals surface area (Å²) in [4.78, 5) is 2.15. The zero-order chi connectivity index (χ0) is 13.4. The van der Waals surface area contributed by atoms with Crippen LogP contribution in [-0.2, 0) is 0 Å². The molecule has 0 spiro atoms. The van der Waals surface area contributed by atoms with E-state index in [1.54, 1.807) is 7.11 Å². The summed E-state index contributed by atoms with van der Waals surface area (Å²) in [6, 6.07) is 5.69. The molecule has 4 nitrogen and oxygen atoms in total. The maximum Gasteiger partial charge on any atom is 0.133 e. The van der Waals surface area contributed by atoms with Crippen molar-refractivity contribution in [2.75, 3.05) is 47.4 Å². The normalized spacial score (nSPS) is 10.7. The predicted molar refractivity (Wildman–Crippen MR) is 77.6 cm³/mol. The van der Waals surface area contributed by atoms with E-state index in [4.69, 9.17) is 9.47 Å². The molecular weight excluding hydrogens is 296 g/mol. The highest BCUT2D eigenvalue weighted by atomic mass is 79.9. The topological polar surface area (TPSA) is 33.7 Å². The van der Waals surface area contributed by atoms with Gasteiger partial charge in [-0.15, -0.1) is 0 Å². The fourth-order valence-electron chi connectivity index (χ4n) is 1.39. The maximum atomic E-state index is 5.66. The maximum absolute atomic E-state index is 5.66. The molecule has 0 fully saturated rings. The first-order valence-electron chi connectivity index (χ1n) is 5.95. The molecule has 0 unspecified atom stereocenters. The van der Waals surface area contributed by atoms with Gasteiger partial charge >= 0.3 is 0 Å². The Kier molecular flexibility index (Phi) is 7.08. The van der Waals surface area contributed by atoms with Crippen molar-refractivity contribution in [1.82, 2.24) is 10.2 Å². The Bertz CT molecular complexity index is 359. The molecule has 1 aromatic rings. The van der Waals surface area contributed by atoms with Gasteiger partial charge in [0.1, 0.15) is 18.1 Å². The van der Waals surface area contributed by atoms with Gasteiger partial charge < -0.3 is 19.7 Å². The number of nitrogens with one attached hydrogen (secondary N) is 1. The molecule has 1 aromatic carbocycles. The van der Waals surface area contributed by atoms with Crippen LogP contribution in [0.3, 0.4) is 0 Å². The highest BCUT2D eigenvalue weighted by molar-refractivity contribution is 9.10. The number of halogens is 1. The number of hydrogen-bond donors (Lipinski definition) is 1. The van der Waals surface area contributed by atoms with E-state index in [1.165, 1.54) is 0 Å². The van der Waals surface area contributed by atoms with Crippen LogP contribution in [0.25, 0.3) is 0 Å². The van der Waals surface area contributed by atoms with Gasteiger partial charge in [-0.1, -0.05) is 0 Å². The molecule has 18 heavy (non-hydrogen) atoms. The average molecular weight is 317 g/mol. The van der Waals surface area contributed by atoms with Gasteiger partial charge in [-0.2, -0.15) is 0 Å². The van der Waals surface area contributed by atoms with Gasteiger partial charge in [0.25, 0.3) is 0 Å². The van der Waals surface area contributed by atoms with Crippen molar-refractivity contribution in [1.29, 1.82) is 0 Å². The Balaban J connectivity index is 2.23. The lowest BCUT2D eigenvalue weighted by Crippen LogP contribution is -2.29. The molecule has 0 aliphatic heterocycles. The van der Waals surface area contributed by atoms with Gasteiger partial charge in [0.2, 0.25) is 0 Å². The van der Waals surface area contributed by atoms with Gasteiger partial charge in [-0.3, -0.25) is 0 Å². The Morgan fingerprint density at radius 3 is 2.67 bits per heavy atom. The number of nitrogens with zero attached hydrogens (tertiary/aromatic N) is 1. The Labute approximate surface area is 117 Å². The summed E-state index contributed by atoms with van der Waals surface area (Å²) in [6.45, 7) is 3.50. The molecule has 0 bridgehead atoms. The molecule has 5 heteroatoms. The van der Waals surface area contributed by atoms with Gasteiger partial charge in [0.05, 0.1) is 11.6 Å². The minimum Gasteiger partial charge on any atom is -0.497 e. The summed E-state index contributed by atoms with van der Waals surface area (Å²) in [6.07, 6.45) is 0. The third-order valence-corrected chi connectivity index (χ3v) is 3.03. The molecule has 0 aliphatic carbocycles. The van der Waals surface area contributed by atoms with Crippen molar-refractivity contribution in [3.8, 4) is 11.5 Å². The minimum atomic E-state index is 0.651. The van der Waals surface area contributed by atoms with Gasteiger partial charge in [0.15, 0.2) is 0 Å². The Morgan fingerprint density at radius 1 is 1.28 bits per heavy atom. The molecule has 1 N–H and O–H groups in total. The number of rotatable bonds is 8. The van der Waals surface area contributed by atoms with Crippen molar-refractivity contribution in [2.45, 2.75) is 0 Å². The van der Waals surface area contributed by atoms with Crippen LogP contribution in [0.15, 0.2) is 22.7 Å². The predicted octanol–water partition coefficient (Wildman–Crippen LogP) is 1.99. The lowest BCUT2D eigenvalue weighted by atomic mass is 10.3. The molecule has 1 rings (SSSR count). The van der Waals surface area contributed by atoms with Crippen LogP contribution in [0, 0.1) is 0 Å². The van der Waals surface area contributed by atoms with Crippen LogP contribution < -0.4 is 14.8 Å². The van der Waals surface area contributed by atoms with E-state index < -0.39 is 0 Å². The summed E-state index contributed by atoms with van der Waals surface area (Å²) in [5.74, 6) is 1.66. The highest BCUT2D eigenvalue weighted by Crippen LogP contribution is 2.28. The zero-order valence-corrected chi connectivity index (χ0v) is 12.8. The number of likely N-dealkylation sites (N-methyl/N-ethyl adjacent to an activating group) is 1. The third-order valence-electron chi connectivity index (χ3n) is 2.41. The van der Waals surface area contributed by atoms with E-state index in [0.29, 0.717) is 6.61 Å². The minimum absolute atomic E-state index is 0.651. The van der Waals surface area contributed by atoms with Crippen molar-refractivity contribution in [3.63, 3.8) is 0 Å². The summed E-state index contributed by atoms with van der Waals surface area (Å²) < 4.78 is 11.7. The summed E-state index contributed by atoms with van der Waals surface area (Å²) in [5.41, 5.74) is 0. The number of methoxy groups -OCH3 is 1. The highest BCUT2D eigenvalue weighted by Gasteiger charge is 2.02. The van der Waals surface area contributed by atoms with Gasteiger partial charge in [0, 0.05) is 19.6 Å². The summed E-state index contributed by atoms with van der Waals surface area (Å²) in [7, 11) is 5.77. The van der Waals surface area contributed by atoms with Crippen molar-refractivity contribution in [3.05, 3.63) is 22.7 Å². The summed E-state index contributed by atoms with van der Waals surface area (Å²) in [5, 5.41) is 3.32. The van der Waals surface area contributed by atoms with Gasteiger partial charge in [-0.25, -0.2) is 0 Å². The molecule has 102 valence electrons. The van der Waals surface area contributed by atoms with E-state index >= 15 is 0 Å². The molecule has 0 atom stereocenters. The number of ether oxygens (including phenoxy) is 2. The van der Waals surface area contributed by atoms with Gasteiger partial charge in [-0.05, 0) is 48.2 Å². The second-order valence-corrected chi connectivity index (χ2v) is 5.05. The largest absolute Gasteiger partial charge is 0.497 e. The zero-order valence-electron chi connectivity index (χ0n) is 11.2. The van der Waals surface area contributed by atoms with Crippen molar-refractivity contribution < 1.29 is 9.47 Å². The molecule has 0 aromatic heterocycles. The molecule has 0 aliphatic rings. The first-order chi connectivity index (χ1) is 8.63. The SMILES string of the molecule is COc1ccc(OCCNCCN(C)C)c(Br)c1. The molecule has 0 heterocycles. The fourth-order valence-corrected chi connectivity index (χ4v) is 1.86. The fraction of sp³-hybridized carbons (Fsp3) is 0.538. The first-order valence-corrected chi connectivity index (χ1v) is 6.74. The third kappa shape index (κ3) is 5.71.